The van der Waals surface area contributed by atoms with Gasteiger partial charge in [-0.2, -0.15) is 0 Å². The molecule has 0 bridgehead atoms. The molecule has 1 fully saturated rings. The van der Waals surface area contributed by atoms with E-state index in [1.165, 1.54) is 0 Å². The second-order valence-electron chi connectivity index (χ2n) is 7.40. The molecule has 0 N–H and O–H groups in total. The first-order chi connectivity index (χ1) is 14.8. The van der Waals surface area contributed by atoms with E-state index >= 15 is 0 Å². The van der Waals surface area contributed by atoms with Gasteiger partial charge in [0.25, 0.3) is 5.91 Å². The third-order valence-electron chi connectivity index (χ3n) is 5.48. The molecule has 0 unspecified atom stereocenters. The number of benzene rings is 1. The van der Waals surface area contributed by atoms with Gasteiger partial charge in [-0.25, -0.2) is 9.97 Å². The lowest BCUT2D eigenvalue weighted by Gasteiger charge is -2.34. The molecule has 0 radical (unpaired) electrons. The van der Waals surface area contributed by atoms with E-state index in [9.17, 15) is 4.79 Å². The number of alkyl halides is 1. The van der Waals surface area contributed by atoms with E-state index in [0.29, 0.717) is 23.6 Å². The van der Waals surface area contributed by atoms with Crippen LogP contribution in [0.3, 0.4) is 0 Å². The van der Waals surface area contributed by atoms with Crippen LogP contribution in [0.25, 0.3) is 0 Å². The normalized spacial score (nSPS) is 17.2. The van der Waals surface area contributed by atoms with Crippen LogP contribution in [0.5, 0.6) is 5.75 Å². The Kier molecular flexibility index (Phi) is 6.81. The third-order valence-corrected chi connectivity index (χ3v) is 5.76. The van der Waals surface area contributed by atoms with Crippen molar-refractivity contribution in [1.82, 2.24) is 19.8 Å². The number of hydrogen-bond acceptors (Lipinski definition) is 6. The summed E-state index contributed by atoms with van der Waals surface area (Å²) < 4.78 is 5.67. The molecule has 2 aliphatic heterocycles. The molecule has 1 saturated heterocycles. The van der Waals surface area contributed by atoms with Crippen molar-refractivity contribution in [1.29, 1.82) is 0 Å². The smallest absolute Gasteiger partial charge is 0.261 e. The number of allylic oxidation sites excluding steroid dienone is 1. The van der Waals surface area contributed by atoms with Gasteiger partial charge in [0.05, 0.1) is 17.1 Å². The van der Waals surface area contributed by atoms with E-state index in [-0.39, 0.29) is 11.8 Å². The minimum atomic E-state index is -0.0496. The summed E-state index contributed by atoms with van der Waals surface area (Å²) in [6.07, 6.45) is 7.09. The Morgan fingerprint density at radius 3 is 2.47 bits per heavy atom. The monoisotopic (exact) mass is 427 g/mol. The molecule has 4 rings (SSSR count). The van der Waals surface area contributed by atoms with Crippen LogP contribution in [0.15, 0.2) is 54.7 Å². The van der Waals surface area contributed by atoms with Crippen LogP contribution < -0.4 is 9.64 Å². The number of fused-ring (bicyclic) bond motifs is 1. The molecule has 0 atom stereocenters. The topological polar surface area (TPSA) is 61.8 Å². The number of halogens is 1. The number of ether oxygens (including phenoxy) is 1. The Morgan fingerprint density at radius 1 is 0.967 bits per heavy atom. The maximum atomic E-state index is 13.0. The van der Waals surface area contributed by atoms with Gasteiger partial charge in [-0.15, -0.1) is 11.6 Å². The van der Waals surface area contributed by atoms with E-state index in [4.69, 9.17) is 16.3 Å². The number of anilines is 1. The van der Waals surface area contributed by atoms with Gasteiger partial charge in [-0.3, -0.25) is 9.69 Å². The molecule has 3 heterocycles. The zero-order valence-electron chi connectivity index (χ0n) is 16.9. The van der Waals surface area contributed by atoms with Crippen LogP contribution in [0.1, 0.15) is 23.2 Å². The highest BCUT2D eigenvalue weighted by Gasteiger charge is 2.25. The van der Waals surface area contributed by atoms with Crippen molar-refractivity contribution in [3.63, 3.8) is 0 Å². The Balaban J connectivity index is 1.25. The molecule has 2 aromatic rings. The Morgan fingerprint density at radius 2 is 1.70 bits per heavy atom. The minimum Gasteiger partial charge on any atom is -0.462 e. The van der Waals surface area contributed by atoms with E-state index < -0.39 is 0 Å². The molecule has 1 aromatic carbocycles. The van der Waals surface area contributed by atoms with Crippen LogP contribution in [0, 0.1) is 0 Å². The van der Waals surface area contributed by atoms with Gasteiger partial charge < -0.3 is 14.5 Å². The average Bonchev–Trinajstić information content (AvgIpc) is 2.94. The highest BCUT2D eigenvalue weighted by atomic mass is 35.5. The molecule has 2 aliphatic rings. The number of rotatable bonds is 7. The fraction of sp³-hybridized carbons (Fsp3) is 0.409. The minimum absolute atomic E-state index is 0.0496. The van der Waals surface area contributed by atoms with Crippen LogP contribution >= 0.6 is 11.6 Å². The molecular weight excluding hydrogens is 402 g/mol. The Bertz CT molecular complexity index is 884. The van der Waals surface area contributed by atoms with Gasteiger partial charge in [0, 0.05) is 45.1 Å². The van der Waals surface area contributed by atoms with E-state index in [2.05, 4.69) is 19.8 Å². The molecule has 158 valence electrons. The summed E-state index contributed by atoms with van der Waals surface area (Å²) in [4.78, 5) is 28.1. The largest absolute Gasteiger partial charge is 0.462 e. The number of unbranched alkanes of at least 4 members (excludes halogenated alkanes) is 1. The van der Waals surface area contributed by atoms with Crippen molar-refractivity contribution in [3.8, 4) is 5.75 Å². The van der Waals surface area contributed by atoms with Crippen molar-refractivity contribution >= 4 is 23.5 Å². The number of nitrogens with zero attached hydrogens (tertiary/aromatic N) is 5. The molecule has 1 amide bonds. The molecule has 0 spiro atoms. The molecule has 8 heteroatoms. The van der Waals surface area contributed by atoms with Gasteiger partial charge in [0.1, 0.15) is 12.0 Å². The summed E-state index contributed by atoms with van der Waals surface area (Å²) >= 11 is 6.09. The quantitative estimate of drug-likeness (QED) is 0.500. The molecule has 7 nitrogen and oxygen atoms in total. The standard InChI is InChI=1S/C22H26ClN5O2/c23-16-18-17-30-20-7-2-1-6-19(20)21(29)28(18)11-4-3-10-26-12-14-27(15-13-26)22-24-8-5-9-25-22/h1-2,5-9,17H,3-4,10-16H2. The van der Waals surface area contributed by atoms with Crippen LogP contribution in [0.2, 0.25) is 0 Å². The summed E-state index contributed by atoms with van der Waals surface area (Å²) in [5.74, 6) is 1.57. The number of carbonyl (C=O) groups excluding carboxylic acids is 1. The second kappa shape index (κ2) is 9.91. The number of aromatic nitrogens is 2. The van der Waals surface area contributed by atoms with E-state index in [0.717, 1.165) is 51.5 Å². The number of hydrogen-bond donors (Lipinski definition) is 0. The summed E-state index contributed by atoms with van der Waals surface area (Å²) in [6.45, 7) is 5.50. The molecule has 1 aromatic heterocycles. The van der Waals surface area contributed by atoms with Crippen molar-refractivity contribution in [3.05, 3.63) is 60.2 Å². The van der Waals surface area contributed by atoms with E-state index in [1.807, 2.05) is 18.2 Å². The Hall–Kier alpha value is -2.64. The van der Waals surface area contributed by atoms with Gasteiger partial charge >= 0.3 is 0 Å². The van der Waals surface area contributed by atoms with Gasteiger partial charge in [-0.05, 0) is 37.6 Å². The zero-order valence-corrected chi connectivity index (χ0v) is 17.7. The van der Waals surface area contributed by atoms with Crippen LogP contribution in [-0.2, 0) is 0 Å². The lowest BCUT2D eigenvalue weighted by molar-refractivity contribution is 0.0805. The lowest BCUT2D eigenvalue weighted by atomic mass is 10.1. The van der Waals surface area contributed by atoms with Gasteiger partial charge in [0.15, 0.2) is 0 Å². The van der Waals surface area contributed by atoms with E-state index in [1.54, 1.807) is 35.7 Å². The summed E-state index contributed by atoms with van der Waals surface area (Å²) in [5.41, 5.74) is 1.28. The number of para-hydroxylation sites is 1. The van der Waals surface area contributed by atoms with Crippen molar-refractivity contribution in [2.45, 2.75) is 12.8 Å². The van der Waals surface area contributed by atoms with Gasteiger partial charge in [-0.1, -0.05) is 12.1 Å². The molecule has 0 saturated carbocycles. The maximum absolute atomic E-state index is 13.0. The van der Waals surface area contributed by atoms with Crippen molar-refractivity contribution in [2.75, 3.05) is 50.0 Å². The van der Waals surface area contributed by atoms with Crippen molar-refractivity contribution < 1.29 is 9.53 Å². The van der Waals surface area contributed by atoms with Crippen molar-refractivity contribution in [2.24, 2.45) is 0 Å². The highest BCUT2D eigenvalue weighted by molar-refractivity contribution is 6.19. The number of piperazine rings is 1. The van der Waals surface area contributed by atoms with Crippen LogP contribution in [0.4, 0.5) is 5.95 Å². The SMILES string of the molecule is O=C1c2ccccc2OC=C(CCl)N1CCCCN1CCN(c2ncccn2)CC1. The number of carbonyl (C=O) groups is 1. The lowest BCUT2D eigenvalue weighted by Crippen LogP contribution is -2.47. The third kappa shape index (κ3) is 4.74. The summed E-state index contributed by atoms with van der Waals surface area (Å²) in [5, 5.41) is 0. The maximum Gasteiger partial charge on any atom is 0.261 e. The first kappa shape index (κ1) is 20.6. The highest BCUT2D eigenvalue weighted by Crippen LogP contribution is 2.26. The average molecular weight is 428 g/mol. The van der Waals surface area contributed by atoms with Crippen LogP contribution in [-0.4, -0.2) is 70.8 Å². The fourth-order valence-electron chi connectivity index (χ4n) is 3.80. The van der Waals surface area contributed by atoms with Gasteiger partial charge in [0.2, 0.25) is 5.95 Å². The first-order valence-electron chi connectivity index (χ1n) is 10.3. The molecule has 30 heavy (non-hydrogen) atoms. The number of amides is 1. The summed E-state index contributed by atoms with van der Waals surface area (Å²) in [7, 11) is 0. The summed E-state index contributed by atoms with van der Waals surface area (Å²) in [6, 6.07) is 9.15. The fourth-order valence-corrected chi connectivity index (χ4v) is 4.00. The first-order valence-corrected chi connectivity index (χ1v) is 10.9. The predicted octanol–water partition coefficient (Wildman–Crippen LogP) is 2.99. The molecular formula is C22H26ClN5O2. The Labute approximate surface area is 181 Å². The second-order valence-corrected chi connectivity index (χ2v) is 7.67. The predicted molar refractivity (Wildman–Crippen MR) is 117 cm³/mol. The zero-order chi connectivity index (χ0) is 20.8. The molecule has 0 aliphatic carbocycles.